The molecule has 0 radical (unpaired) electrons. The summed E-state index contributed by atoms with van der Waals surface area (Å²) in [7, 11) is 0. The van der Waals surface area contributed by atoms with E-state index in [0.717, 1.165) is 17.3 Å². The second-order valence-electron chi connectivity index (χ2n) is 4.88. The van der Waals surface area contributed by atoms with Gasteiger partial charge in [-0.05, 0) is 18.8 Å². The van der Waals surface area contributed by atoms with E-state index >= 15 is 0 Å². The lowest BCUT2D eigenvalue weighted by Crippen LogP contribution is -2.45. The van der Waals surface area contributed by atoms with Crippen LogP contribution in [0.15, 0.2) is 0 Å². The van der Waals surface area contributed by atoms with Crippen LogP contribution in [0.25, 0.3) is 0 Å². The van der Waals surface area contributed by atoms with Gasteiger partial charge in [0.25, 0.3) is 0 Å². The summed E-state index contributed by atoms with van der Waals surface area (Å²) in [5.41, 5.74) is 0. The molecular formula is C12H22BrNS. The summed E-state index contributed by atoms with van der Waals surface area (Å²) in [6.07, 6.45) is 7.41. The van der Waals surface area contributed by atoms with Gasteiger partial charge in [0.1, 0.15) is 0 Å². The highest BCUT2D eigenvalue weighted by Gasteiger charge is 2.25. The first-order valence-electron chi connectivity index (χ1n) is 6.28. The molecule has 1 atom stereocenters. The van der Waals surface area contributed by atoms with Gasteiger partial charge in [-0.1, -0.05) is 35.2 Å². The monoisotopic (exact) mass is 291 g/mol. The van der Waals surface area contributed by atoms with Crippen molar-refractivity contribution >= 4 is 27.7 Å². The molecule has 0 spiro atoms. The van der Waals surface area contributed by atoms with Crippen LogP contribution in [0.3, 0.4) is 0 Å². The van der Waals surface area contributed by atoms with Crippen molar-refractivity contribution in [3.05, 3.63) is 0 Å². The molecule has 0 N–H and O–H groups in total. The predicted octanol–water partition coefficient (Wildman–Crippen LogP) is 3.38. The maximum atomic E-state index is 3.66. The van der Waals surface area contributed by atoms with E-state index in [-0.39, 0.29) is 0 Å². The summed E-state index contributed by atoms with van der Waals surface area (Å²) in [6, 6.07) is 0.797. The third-order valence-corrected chi connectivity index (χ3v) is 5.58. The van der Waals surface area contributed by atoms with Crippen molar-refractivity contribution in [3.8, 4) is 0 Å². The van der Waals surface area contributed by atoms with Crippen LogP contribution in [0, 0.1) is 5.92 Å². The molecule has 15 heavy (non-hydrogen) atoms. The molecule has 1 saturated heterocycles. The summed E-state index contributed by atoms with van der Waals surface area (Å²) in [5.74, 6) is 3.68. The molecule has 0 bridgehead atoms. The minimum Gasteiger partial charge on any atom is -0.298 e. The average molecular weight is 292 g/mol. The quantitative estimate of drug-likeness (QED) is 0.734. The number of hydrogen-bond donors (Lipinski definition) is 0. The molecule has 88 valence electrons. The molecule has 1 unspecified atom stereocenters. The number of hydrogen-bond acceptors (Lipinski definition) is 2. The zero-order chi connectivity index (χ0) is 10.5. The Labute approximate surface area is 106 Å². The first-order valence-corrected chi connectivity index (χ1v) is 8.55. The van der Waals surface area contributed by atoms with E-state index in [0.29, 0.717) is 0 Å². The van der Waals surface area contributed by atoms with Gasteiger partial charge in [-0.25, -0.2) is 0 Å². The van der Waals surface area contributed by atoms with Gasteiger partial charge in [0, 0.05) is 36.0 Å². The first kappa shape index (κ1) is 12.3. The van der Waals surface area contributed by atoms with Crippen molar-refractivity contribution in [1.82, 2.24) is 4.90 Å². The van der Waals surface area contributed by atoms with Crippen LogP contribution < -0.4 is 0 Å². The number of halogens is 1. The molecule has 1 aliphatic heterocycles. The second-order valence-corrected chi connectivity index (χ2v) is 6.68. The van der Waals surface area contributed by atoms with Gasteiger partial charge in [-0.3, -0.25) is 4.90 Å². The largest absolute Gasteiger partial charge is 0.298 e. The third-order valence-electron chi connectivity index (χ3n) is 3.75. The summed E-state index contributed by atoms with van der Waals surface area (Å²) in [5, 5.41) is 1.16. The molecule has 3 heteroatoms. The summed E-state index contributed by atoms with van der Waals surface area (Å²) in [6.45, 7) is 2.69. The molecule has 1 aliphatic carbocycles. The molecule has 0 aromatic rings. The molecule has 1 heterocycles. The van der Waals surface area contributed by atoms with E-state index in [4.69, 9.17) is 0 Å². The number of rotatable bonds is 3. The molecule has 2 rings (SSSR count). The fraction of sp³-hybridized carbons (Fsp3) is 1.00. The van der Waals surface area contributed by atoms with Gasteiger partial charge in [-0.2, -0.15) is 11.8 Å². The van der Waals surface area contributed by atoms with E-state index in [1.165, 1.54) is 56.7 Å². The Bertz CT molecular complexity index is 182. The Hall–Kier alpha value is 0.790. The number of alkyl halides is 1. The van der Waals surface area contributed by atoms with Gasteiger partial charge < -0.3 is 0 Å². The second kappa shape index (κ2) is 6.51. The Morgan fingerprint density at radius 1 is 1.20 bits per heavy atom. The Kier molecular flexibility index (Phi) is 5.32. The lowest BCUT2D eigenvalue weighted by Gasteiger charge is -2.37. The van der Waals surface area contributed by atoms with Crippen LogP contribution in [0.2, 0.25) is 0 Å². The SMILES string of the molecule is BrCC1CSCCN1CC1CCCCC1. The van der Waals surface area contributed by atoms with E-state index in [1.54, 1.807) is 0 Å². The molecule has 1 nitrogen and oxygen atoms in total. The number of thioether (sulfide) groups is 1. The van der Waals surface area contributed by atoms with E-state index in [9.17, 15) is 0 Å². The van der Waals surface area contributed by atoms with Crippen molar-refractivity contribution in [3.63, 3.8) is 0 Å². The summed E-state index contributed by atoms with van der Waals surface area (Å²) < 4.78 is 0. The Morgan fingerprint density at radius 3 is 2.73 bits per heavy atom. The Balaban J connectivity index is 1.79. The van der Waals surface area contributed by atoms with Gasteiger partial charge in [0.15, 0.2) is 0 Å². The van der Waals surface area contributed by atoms with Crippen molar-refractivity contribution in [1.29, 1.82) is 0 Å². The lowest BCUT2D eigenvalue weighted by atomic mass is 9.88. The molecular weight excluding hydrogens is 270 g/mol. The minimum atomic E-state index is 0.797. The molecule has 0 aromatic carbocycles. The fourth-order valence-electron chi connectivity index (χ4n) is 2.77. The van der Waals surface area contributed by atoms with Crippen LogP contribution in [-0.2, 0) is 0 Å². The zero-order valence-electron chi connectivity index (χ0n) is 9.46. The maximum Gasteiger partial charge on any atom is 0.0283 e. The van der Waals surface area contributed by atoms with Gasteiger partial charge in [-0.15, -0.1) is 0 Å². The molecule has 2 fully saturated rings. The summed E-state index contributed by atoms with van der Waals surface area (Å²) in [4.78, 5) is 2.74. The van der Waals surface area contributed by atoms with Crippen molar-refractivity contribution in [2.75, 3.05) is 29.9 Å². The van der Waals surface area contributed by atoms with E-state index in [2.05, 4.69) is 32.6 Å². The highest BCUT2D eigenvalue weighted by atomic mass is 79.9. The molecule has 1 saturated carbocycles. The normalized spacial score (nSPS) is 30.6. The lowest BCUT2D eigenvalue weighted by molar-refractivity contribution is 0.176. The predicted molar refractivity (Wildman–Crippen MR) is 73.1 cm³/mol. The molecule has 2 aliphatic rings. The molecule has 0 aromatic heterocycles. The standard InChI is InChI=1S/C12H22BrNS/c13-8-12-10-15-7-6-14(12)9-11-4-2-1-3-5-11/h11-12H,1-10H2. The van der Waals surface area contributed by atoms with Crippen molar-refractivity contribution in [2.45, 2.75) is 38.1 Å². The van der Waals surface area contributed by atoms with Crippen LogP contribution in [0.4, 0.5) is 0 Å². The van der Waals surface area contributed by atoms with Crippen LogP contribution >= 0.6 is 27.7 Å². The van der Waals surface area contributed by atoms with E-state index < -0.39 is 0 Å². The maximum absolute atomic E-state index is 3.66. The van der Waals surface area contributed by atoms with Gasteiger partial charge in [0.05, 0.1) is 0 Å². The molecule has 0 amide bonds. The van der Waals surface area contributed by atoms with Gasteiger partial charge >= 0.3 is 0 Å². The first-order chi connectivity index (χ1) is 7.40. The average Bonchev–Trinajstić information content (AvgIpc) is 2.31. The van der Waals surface area contributed by atoms with Gasteiger partial charge in [0.2, 0.25) is 0 Å². The van der Waals surface area contributed by atoms with Crippen LogP contribution in [0.5, 0.6) is 0 Å². The van der Waals surface area contributed by atoms with Crippen molar-refractivity contribution in [2.24, 2.45) is 5.92 Å². The van der Waals surface area contributed by atoms with Crippen LogP contribution in [-0.4, -0.2) is 40.9 Å². The number of nitrogens with zero attached hydrogens (tertiary/aromatic N) is 1. The van der Waals surface area contributed by atoms with Crippen LogP contribution in [0.1, 0.15) is 32.1 Å². The summed E-state index contributed by atoms with van der Waals surface area (Å²) >= 11 is 5.78. The fourth-order valence-corrected chi connectivity index (χ4v) is 4.85. The Morgan fingerprint density at radius 2 is 2.00 bits per heavy atom. The van der Waals surface area contributed by atoms with Crippen molar-refractivity contribution < 1.29 is 0 Å². The smallest absolute Gasteiger partial charge is 0.0283 e. The highest BCUT2D eigenvalue weighted by molar-refractivity contribution is 9.09. The third kappa shape index (κ3) is 3.64. The highest BCUT2D eigenvalue weighted by Crippen LogP contribution is 2.27. The zero-order valence-corrected chi connectivity index (χ0v) is 11.9. The topological polar surface area (TPSA) is 3.24 Å². The van der Waals surface area contributed by atoms with E-state index in [1.807, 2.05) is 0 Å². The minimum absolute atomic E-state index is 0.797.